The van der Waals surface area contributed by atoms with E-state index < -0.39 is 177 Å². The van der Waals surface area contributed by atoms with E-state index >= 15 is 0 Å². The normalized spacial score (nSPS) is 41.7. The van der Waals surface area contributed by atoms with Crippen LogP contribution >= 0.6 is 0 Å². The molecule has 24 nitrogen and oxygen atoms in total. The van der Waals surface area contributed by atoms with Crippen molar-refractivity contribution in [1.82, 2.24) is 0 Å². The highest BCUT2D eigenvalue weighted by molar-refractivity contribution is 5.72. The van der Waals surface area contributed by atoms with Crippen molar-refractivity contribution in [2.24, 2.45) is 5.92 Å². The first-order valence-electron chi connectivity index (χ1n) is 32.6. The van der Waals surface area contributed by atoms with Crippen molar-refractivity contribution in [1.29, 1.82) is 0 Å². The second-order valence-corrected chi connectivity index (χ2v) is 25.2. The largest absolute Gasteiger partial charge is 0.457 e. The van der Waals surface area contributed by atoms with Gasteiger partial charge in [0.15, 0.2) is 49.8 Å². The summed E-state index contributed by atoms with van der Waals surface area (Å²) < 4.78 is 82.0. The maximum absolute atomic E-state index is 13.9. The average molecular weight is 1240 g/mol. The molecule has 6 fully saturated rings. The number of fused-ring (bicyclic) bond motifs is 3. The van der Waals surface area contributed by atoms with Crippen molar-refractivity contribution >= 4 is 17.9 Å². The van der Waals surface area contributed by atoms with Crippen LogP contribution in [-0.4, -0.2) is 218 Å². The van der Waals surface area contributed by atoms with Gasteiger partial charge in [0.05, 0.1) is 42.5 Å². The van der Waals surface area contributed by atoms with E-state index in [0.717, 1.165) is 83.5 Å². The molecule has 0 radical (unpaired) electrons. The highest BCUT2D eigenvalue weighted by Crippen LogP contribution is 2.39. The summed E-state index contributed by atoms with van der Waals surface area (Å²) in [7, 11) is 0. The van der Waals surface area contributed by atoms with E-state index in [1.807, 2.05) is 0 Å². The third kappa shape index (κ3) is 20.3. The smallest absolute Gasteiger partial charge is 0.308 e. The first kappa shape index (κ1) is 72.7. The maximum atomic E-state index is 13.9. The van der Waals surface area contributed by atoms with Gasteiger partial charge in [0, 0.05) is 12.8 Å². The van der Waals surface area contributed by atoms with Gasteiger partial charge in [-0.3, -0.25) is 14.4 Å². The molecule has 2 bridgehead atoms. The molecule has 6 aliphatic rings. The Morgan fingerprint density at radius 3 is 1.63 bits per heavy atom. The predicted octanol–water partition coefficient (Wildman–Crippen LogP) is 4.94. The van der Waals surface area contributed by atoms with Crippen LogP contribution in [0.2, 0.25) is 0 Å². The molecule has 6 aliphatic heterocycles. The SMILES string of the molecule is CCCCCCCCCCCC(=O)O[C@@H]1[C@@H](O)[C@@H](O)[C@H](O[C@@H]2[C@@H](O[C@@H]3O[C@@H](C)[C@H](O)[C@@H](O)[C@H]3O)[C@@H](OC(=O)C(C)C)[C@H](O[C@@H]3[C@H]4OC(=O)CCCCCCCCCC(CCCCC)O[C@H]5[C@@H](O[C@H](O[C@H]3C)[C@@H]4O)O[C@H](C)[C@H](O)[C@@H]5O)O[C@H]2C)O[C@H]1C. The molecular formula is C62H108O24. The molecule has 24 heteroatoms. The lowest BCUT2D eigenvalue weighted by Gasteiger charge is -2.51. The van der Waals surface area contributed by atoms with Crippen LogP contribution in [0.1, 0.15) is 210 Å². The number of ether oxygens (including phenoxy) is 13. The quantitative estimate of drug-likeness (QED) is 0.0381. The lowest BCUT2D eigenvalue weighted by atomic mass is 9.95. The Morgan fingerprint density at radius 2 is 0.965 bits per heavy atom. The van der Waals surface area contributed by atoms with Gasteiger partial charge in [0.2, 0.25) is 0 Å². The summed E-state index contributed by atoms with van der Waals surface area (Å²) in [5, 5.41) is 91.4. The number of esters is 3. The fraction of sp³-hybridized carbons (Fsp3) is 0.952. The van der Waals surface area contributed by atoms with Gasteiger partial charge in [-0.25, -0.2) is 0 Å². The van der Waals surface area contributed by atoms with Crippen molar-refractivity contribution < 1.29 is 117 Å². The molecule has 26 atom stereocenters. The second kappa shape index (κ2) is 36.1. The Bertz CT molecular complexity index is 1970. The molecule has 0 saturated carbocycles. The number of carbonyl (C=O) groups excluding carboxylic acids is 3. The maximum Gasteiger partial charge on any atom is 0.308 e. The predicted molar refractivity (Wildman–Crippen MR) is 306 cm³/mol. The van der Waals surface area contributed by atoms with E-state index in [9.17, 15) is 55.2 Å². The standard InChI is InChI=1S/C62H108O24/c1-10-12-14-15-16-17-20-23-27-31-40(63)80-50-36(7)76-59(48(71)46(50)69)83-52-38(9)78-62(56(82-57(73)33(3)4)55(52)85-58-47(70)44(67)42(65)34(5)74-58)84-51-37(8)77-60-49(72)53(51)81-41(64)32-28-24-21-18-19-22-26-30-39(29-25-13-11-2)79-54-45(68)43(66)35(6)75-61(54)86-60/h33-39,42-56,58-62,65-72H,10-32H2,1-9H3/t34-,35+,36-,37-,38-,39?,42-,43-,44+,45-,46-,47+,48+,49+,50-,51-,52-,53-,54+,55+,56+,58-,59-,60-,61+,62-/m0/s1. The Balaban J connectivity index is 1.28. The van der Waals surface area contributed by atoms with E-state index in [4.69, 9.17) is 61.6 Å². The molecule has 86 heavy (non-hydrogen) atoms. The summed E-state index contributed by atoms with van der Waals surface area (Å²) in [5.74, 6) is -2.87. The minimum atomic E-state index is -1.91. The van der Waals surface area contributed by atoms with Crippen molar-refractivity contribution in [2.45, 2.75) is 370 Å². The molecule has 500 valence electrons. The Labute approximate surface area is 508 Å². The molecular weight excluding hydrogens is 1130 g/mol. The summed E-state index contributed by atoms with van der Waals surface area (Å²) in [6, 6.07) is 0. The first-order valence-corrected chi connectivity index (χ1v) is 32.6. The molecule has 1 unspecified atom stereocenters. The first-order chi connectivity index (χ1) is 41.1. The monoisotopic (exact) mass is 1240 g/mol. The third-order valence-electron chi connectivity index (χ3n) is 17.6. The Kier molecular flexibility index (Phi) is 30.5. The van der Waals surface area contributed by atoms with Crippen LogP contribution in [0.4, 0.5) is 0 Å². The molecule has 0 aromatic carbocycles. The molecule has 6 rings (SSSR count). The van der Waals surface area contributed by atoms with Gasteiger partial charge in [-0.05, 0) is 60.3 Å². The molecule has 0 aliphatic carbocycles. The van der Waals surface area contributed by atoms with E-state index in [0.29, 0.717) is 25.7 Å². The molecule has 6 saturated heterocycles. The number of carbonyl (C=O) groups is 3. The highest BCUT2D eigenvalue weighted by Gasteiger charge is 2.58. The summed E-state index contributed by atoms with van der Waals surface area (Å²) in [5.41, 5.74) is 0. The minimum absolute atomic E-state index is 0.0203. The zero-order valence-electron chi connectivity index (χ0n) is 52.5. The van der Waals surface area contributed by atoms with Gasteiger partial charge in [0.25, 0.3) is 0 Å². The minimum Gasteiger partial charge on any atom is -0.457 e. The molecule has 0 aromatic rings. The zero-order chi connectivity index (χ0) is 62.8. The lowest BCUT2D eigenvalue weighted by molar-refractivity contribution is -0.403. The number of unbranched alkanes of at least 4 members (excludes halogenated alkanes) is 10. The molecule has 6 heterocycles. The average Bonchev–Trinajstić information content (AvgIpc) is 3.64. The number of aliphatic hydroxyl groups excluding tert-OH is 8. The van der Waals surface area contributed by atoms with Gasteiger partial charge < -0.3 is 102 Å². The van der Waals surface area contributed by atoms with Crippen molar-refractivity contribution in [2.75, 3.05) is 0 Å². The van der Waals surface area contributed by atoms with Gasteiger partial charge in [-0.15, -0.1) is 0 Å². The van der Waals surface area contributed by atoms with Gasteiger partial charge in [0.1, 0.15) is 73.2 Å². The second-order valence-electron chi connectivity index (χ2n) is 25.2. The topological polar surface area (TPSA) is 333 Å². The van der Waals surface area contributed by atoms with Crippen LogP contribution in [0.3, 0.4) is 0 Å². The van der Waals surface area contributed by atoms with Gasteiger partial charge in [-0.1, -0.05) is 137 Å². The van der Waals surface area contributed by atoms with Crippen LogP contribution in [0.5, 0.6) is 0 Å². The number of hydrogen-bond acceptors (Lipinski definition) is 24. The summed E-state index contributed by atoms with van der Waals surface area (Å²) >= 11 is 0. The van der Waals surface area contributed by atoms with Crippen molar-refractivity contribution in [3.05, 3.63) is 0 Å². The molecule has 8 N–H and O–H groups in total. The lowest BCUT2D eigenvalue weighted by Crippen LogP contribution is -2.68. The van der Waals surface area contributed by atoms with Crippen molar-refractivity contribution in [3.8, 4) is 0 Å². The zero-order valence-corrected chi connectivity index (χ0v) is 52.5. The fourth-order valence-corrected chi connectivity index (χ4v) is 12.2. The van der Waals surface area contributed by atoms with Crippen LogP contribution in [-0.2, 0) is 76.0 Å². The molecule has 0 aromatic heterocycles. The van der Waals surface area contributed by atoms with E-state index in [1.54, 1.807) is 27.7 Å². The van der Waals surface area contributed by atoms with Crippen LogP contribution < -0.4 is 0 Å². The van der Waals surface area contributed by atoms with Gasteiger partial charge in [-0.2, -0.15) is 0 Å². The number of hydrogen-bond donors (Lipinski definition) is 8. The number of aliphatic hydroxyl groups is 8. The summed E-state index contributed by atoms with van der Waals surface area (Å²) in [6.07, 6.45) is -18.5. The van der Waals surface area contributed by atoms with Crippen LogP contribution in [0.25, 0.3) is 0 Å². The third-order valence-corrected chi connectivity index (χ3v) is 17.6. The Hall–Kier alpha value is -2.31. The number of rotatable bonds is 23. The van der Waals surface area contributed by atoms with E-state index in [-0.39, 0.29) is 18.9 Å². The van der Waals surface area contributed by atoms with Crippen LogP contribution in [0, 0.1) is 5.92 Å². The molecule has 0 spiro atoms. The van der Waals surface area contributed by atoms with E-state index in [1.165, 1.54) is 46.5 Å². The summed E-state index contributed by atoms with van der Waals surface area (Å²) in [4.78, 5) is 41.0. The van der Waals surface area contributed by atoms with Gasteiger partial charge >= 0.3 is 17.9 Å². The van der Waals surface area contributed by atoms with Crippen molar-refractivity contribution in [3.63, 3.8) is 0 Å². The van der Waals surface area contributed by atoms with Crippen LogP contribution in [0.15, 0.2) is 0 Å². The molecule has 0 amide bonds. The van der Waals surface area contributed by atoms with E-state index in [2.05, 4.69) is 13.8 Å². The fourth-order valence-electron chi connectivity index (χ4n) is 12.2. The summed E-state index contributed by atoms with van der Waals surface area (Å²) in [6.45, 7) is 15.0. The Morgan fingerprint density at radius 1 is 0.453 bits per heavy atom. The highest BCUT2D eigenvalue weighted by atomic mass is 16.8.